The first kappa shape index (κ1) is 20.0. The van der Waals surface area contributed by atoms with Gasteiger partial charge in [0.1, 0.15) is 5.82 Å². The molecular formula is C18H19BrFN3O3. The van der Waals surface area contributed by atoms with Crippen molar-refractivity contribution in [2.24, 2.45) is 0 Å². The van der Waals surface area contributed by atoms with Crippen LogP contribution in [0.4, 0.5) is 14.9 Å². The van der Waals surface area contributed by atoms with Gasteiger partial charge < -0.3 is 10.4 Å². The number of rotatable bonds is 7. The first-order valence-corrected chi connectivity index (χ1v) is 8.70. The maximum atomic E-state index is 13.9. The van der Waals surface area contributed by atoms with E-state index < -0.39 is 17.8 Å². The fraction of sp³-hybridized carbons (Fsp3) is 0.222. The van der Waals surface area contributed by atoms with Gasteiger partial charge in [-0.2, -0.15) is 0 Å². The summed E-state index contributed by atoms with van der Waals surface area (Å²) in [7, 11) is 0. The minimum atomic E-state index is -0.654. The number of halogens is 2. The summed E-state index contributed by atoms with van der Waals surface area (Å²) in [5.74, 6) is -0.958. The average molecular weight is 424 g/mol. The van der Waals surface area contributed by atoms with E-state index in [2.05, 4.69) is 26.6 Å². The van der Waals surface area contributed by atoms with E-state index in [0.717, 1.165) is 0 Å². The molecular weight excluding hydrogens is 405 g/mol. The molecule has 3 N–H and O–H groups in total. The number of imide groups is 1. The Morgan fingerprint density at radius 3 is 2.58 bits per heavy atom. The van der Waals surface area contributed by atoms with Crippen LogP contribution in [0.25, 0.3) is 0 Å². The molecule has 0 radical (unpaired) electrons. The number of para-hydroxylation sites is 1. The molecule has 2 aromatic rings. The number of nitrogens with zero attached hydrogens (tertiary/aromatic N) is 1. The molecule has 0 saturated carbocycles. The van der Waals surface area contributed by atoms with Crippen molar-refractivity contribution in [1.82, 2.24) is 10.2 Å². The number of anilines is 1. The Morgan fingerprint density at radius 1 is 1.15 bits per heavy atom. The summed E-state index contributed by atoms with van der Waals surface area (Å²) in [4.78, 5) is 25.5. The second-order valence-corrected chi connectivity index (χ2v) is 6.45. The van der Waals surface area contributed by atoms with Gasteiger partial charge >= 0.3 is 6.03 Å². The Balaban J connectivity index is 1.92. The van der Waals surface area contributed by atoms with Crippen LogP contribution >= 0.6 is 15.9 Å². The molecule has 2 aromatic carbocycles. The standard InChI is InChI=1S/C18H19BrFN3O3/c19-14-6-7-16(20)13(10-14)11-23(8-9-24)12-17(25)22-18(26)21-15-4-2-1-3-5-15/h1-7,10,24H,8-9,11-12H2,(H2,21,22,25,26). The van der Waals surface area contributed by atoms with E-state index in [0.29, 0.717) is 15.7 Å². The second kappa shape index (κ2) is 10.0. The van der Waals surface area contributed by atoms with Crippen molar-refractivity contribution in [3.8, 4) is 0 Å². The highest BCUT2D eigenvalue weighted by molar-refractivity contribution is 9.10. The number of hydrogen-bond acceptors (Lipinski definition) is 4. The van der Waals surface area contributed by atoms with Gasteiger partial charge in [0.2, 0.25) is 5.91 Å². The monoisotopic (exact) mass is 423 g/mol. The molecule has 0 aliphatic carbocycles. The van der Waals surface area contributed by atoms with E-state index in [1.165, 1.54) is 6.07 Å². The minimum absolute atomic E-state index is 0.125. The lowest BCUT2D eigenvalue weighted by Crippen LogP contribution is -2.42. The van der Waals surface area contributed by atoms with Gasteiger partial charge in [-0.05, 0) is 30.3 Å². The molecule has 0 heterocycles. The summed E-state index contributed by atoms with van der Waals surface area (Å²) in [5, 5.41) is 13.9. The normalized spacial score (nSPS) is 10.6. The van der Waals surface area contributed by atoms with Gasteiger partial charge in [-0.1, -0.05) is 34.1 Å². The predicted octanol–water partition coefficient (Wildman–Crippen LogP) is 2.73. The van der Waals surface area contributed by atoms with Crippen LogP contribution < -0.4 is 10.6 Å². The molecule has 0 aliphatic heterocycles. The Kier molecular flexibility index (Phi) is 7.71. The molecule has 0 saturated heterocycles. The predicted molar refractivity (Wildman–Crippen MR) is 100 cm³/mol. The average Bonchev–Trinajstić information content (AvgIpc) is 2.59. The first-order chi connectivity index (χ1) is 12.5. The number of carbonyl (C=O) groups excluding carboxylic acids is 2. The largest absolute Gasteiger partial charge is 0.395 e. The number of amides is 3. The van der Waals surface area contributed by atoms with Crippen molar-refractivity contribution in [2.45, 2.75) is 6.54 Å². The third-order valence-corrected chi connectivity index (χ3v) is 3.96. The van der Waals surface area contributed by atoms with Crippen molar-refractivity contribution in [3.05, 3.63) is 64.4 Å². The van der Waals surface area contributed by atoms with Crippen LogP contribution in [0.5, 0.6) is 0 Å². The lowest BCUT2D eigenvalue weighted by atomic mass is 10.2. The number of carbonyl (C=O) groups is 2. The number of aliphatic hydroxyl groups excluding tert-OH is 1. The maximum absolute atomic E-state index is 13.9. The SMILES string of the molecule is O=C(CN(CCO)Cc1cc(Br)ccc1F)NC(=O)Nc1ccccc1. The summed E-state index contributed by atoms with van der Waals surface area (Å²) in [6, 6.07) is 12.6. The fourth-order valence-corrected chi connectivity index (χ4v) is 2.72. The van der Waals surface area contributed by atoms with E-state index in [-0.39, 0.29) is 26.2 Å². The molecule has 8 heteroatoms. The third-order valence-electron chi connectivity index (χ3n) is 3.47. The molecule has 6 nitrogen and oxygen atoms in total. The van der Waals surface area contributed by atoms with Gasteiger partial charge in [0.15, 0.2) is 0 Å². The summed E-state index contributed by atoms with van der Waals surface area (Å²) >= 11 is 3.27. The smallest absolute Gasteiger partial charge is 0.325 e. The lowest BCUT2D eigenvalue weighted by Gasteiger charge is -2.21. The summed E-state index contributed by atoms with van der Waals surface area (Å²) < 4.78 is 14.6. The number of nitrogens with one attached hydrogen (secondary N) is 2. The Hall–Kier alpha value is -2.29. The Morgan fingerprint density at radius 2 is 1.88 bits per heavy atom. The van der Waals surface area contributed by atoms with E-state index in [1.54, 1.807) is 41.3 Å². The van der Waals surface area contributed by atoms with Crippen molar-refractivity contribution in [3.63, 3.8) is 0 Å². The highest BCUT2D eigenvalue weighted by Gasteiger charge is 2.15. The van der Waals surface area contributed by atoms with Crippen molar-refractivity contribution in [1.29, 1.82) is 0 Å². The van der Waals surface area contributed by atoms with Crippen LogP contribution in [-0.4, -0.2) is 41.6 Å². The fourth-order valence-electron chi connectivity index (χ4n) is 2.31. The van der Waals surface area contributed by atoms with Gasteiger partial charge in [0, 0.05) is 28.8 Å². The van der Waals surface area contributed by atoms with Gasteiger partial charge in [0.25, 0.3) is 0 Å². The van der Waals surface area contributed by atoms with Gasteiger partial charge in [0.05, 0.1) is 13.2 Å². The molecule has 0 fully saturated rings. The van der Waals surface area contributed by atoms with Crippen LogP contribution in [0, 0.1) is 5.82 Å². The molecule has 0 unspecified atom stereocenters. The summed E-state index contributed by atoms with van der Waals surface area (Å²) in [5.41, 5.74) is 0.940. The topological polar surface area (TPSA) is 81.7 Å². The van der Waals surface area contributed by atoms with Crippen molar-refractivity contribution in [2.75, 3.05) is 25.0 Å². The lowest BCUT2D eigenvalue weighted by molar-refractivity contribution is -0.121. The van der Waals surface area contributed by atoms with Gasteiger partial charge in [-0.25, -0.2) is 9.18 Å². The third kappa shape index (κ3) is 6.55. The Labute approximate surface area is 159 Å². The molecule has 0 aromatic heterocycles. The molecule has 2 rings (SSSR count). The zero-order valence-corrected chi connectivity index (χ0v) is 15.5. The number of aliphatic hydroxyl groups is 1. The molecule has 0 spiro atoms. The van der Waals surface area contributed by atoms with Crippen LogP contribution in [0.2, 0.25) is 0 Å². The van der Waals surface area contributed by atoms with E-state index >= 15 is 0 Å². The molecule has 3 amide bonds. The van der Waals surface area contributed by atoms with Crippen LogP contribution in [-0.2, 0) is 11.3 Å². The van der Waals surface area contributed by atoms with Crippen LogP contribution in [0.3, 0.4) is 0 Å². The number of hydrogen-bond donors (Lipinski definition) is 3. The Bertz CT molecular complexity index is 759. The maximum Gasteiger partial charge on any atom is 0.325 e. The molecule has 0 aliphatic rings. The first-order valence-electron chi connectivity index (χ1n) is 7.91. The number of urea groups is 1. The minimum Gasteiger partial charge on any atom is -0.395 e. The second-order valence-electron chi connectivity index (χ2n) is 5.54. The van der Waals surface area contributed by atoms with E-state index in [4.69, 9.17) is 0 Å². The zero-order chi connectivity index (χ0) is 18.9. The quantitative estimate of drug-likeness (QED) is 0.639. The number of benzene rings is 2. The van der Waals surface area contributed by atoms with Crippen molar-refractivity contribution >= 4 is 33.6 Å². The van der Waals surface area contributed by atoms with Gasteiger partial charge in [-0.15, -0.1) is 0 Å². The van der Waals surface area contributed by atoms with E-state index in [9.17, 15) is 19.1 Å². The molecule has 138 valence electrons. The molecule has 0 bridgehead atoms. The molecule has 0 atom stereocenters. The summed E-state index contributed by atoms with van der Waals surface area (Å²) in [6.45, 7) is -0.0624. The molecule has 26 heavy (non-hydrogen) atoms. The highest BCUT2D eigenvalue weighted by Crippen LogP contribution is 2.17. The van der Waals surface area contributed by atoms with Crippen molar-refractivity contribution < 1.29 is 19.1 Å². The van der Waals surface area contributed by atoms with Crippen LogP contribution in [0.1, 0.15) is 5.56 Å². The van der Waals surface area contributed by atoms with E-state index in [1.807, 2.05) is 6.07 Å². The highest BCUT2D eigenvalue weighted by atomic mass is 79.9. The zero-order valence-electron chi connectivity index (χ0n) is 13.9. The van der Waals surface area contributed by atoms with Crippen LogP contribution in [0.15, 0.2) is 53.0 Å². The summed E-state index contributed by atoms with van der Waals surface area (Å²) in [6.07, 6.45) is 0. The van der Waals surface area contributed by atoms with Gasteiger partial charge in [-0.3, -0.25) is 15.0 Å².